The van der Waals surface area contributed by atoms with Crippen LogP contribution in [-0.4, -0.2) is 37.2 Å². The van der Waals surface area contributed by atoms with Crippen molar-refractivity contribution in [2.24, 2.45) is 0 Å². The Bertz CT molecular complexity index is 1590. The summed E-state index contributed by atoms with van der Waals surface area (Å²) in [6, 6.07) is 0. The van der Waals surface area contributed by atoms with Gasteiger partial charge in [-0.05, 0) is 103 Å². The van der Waals surface area contributed by atoms with Crippen molar-refractivity contribution in [3.63, 3.8) is 0 Å². The van der Waals surface area contributed by atoms with Gasteiger partial charge < -0.3 is 14.2 Å². The number of carbonyl (C=O) groups excluding carboxylic acids is 3. The van der Waals surface area contributed by atoms with Crippen LogP contribution in [0.25, 0.3) is 0 Å². The third-order valence-corrected chi connectivity index (χ3v) is 14.3. The molecule has 0 aromatic carbocycles. The summed E-state index contributed by atoms with van der Waals surface area (Å²) in [7, 11) is 0. The highest BCUT2D eigenvalue weighted by Gasteiger charge is 2.19. The number of esters is 3. The van der Waals surface area contributed by atoms with Gasteiger partial charge in [0, 0.05) is 19.3 Å². The zero-order chi connectivity index (χ0) is 57.1. The zero-order valence-electron chi connectivity index (χ0n) is 51.9. The fraction of sp³-hybridized carbons (Fsp3) is 0.712. The van der Waals surface area contributed by atoms with Gasteiger partial charge in [-0.3, -0.25) is 14.4 Å². The summed E-state index contributed by atoms with van der Waals surface area (Å²) in [6.45, 7) is 6.35. The fourth-order valence-corrected chi connectivity index (χ4v) is 9.35. The topological polar surface area (TPSA) is 78.9 Å². The van der Waals surface area contributed by atoms with Crippen LogP contribution in [-0.2, 0) is 28.6 Å². The molecule has 0 rings (SSSR count). The highest BCUT2D eigenvalue weighted by Crippen LogP contribution is 2.17. The number of hydrogen-bond acceptors (Lipinski definition) is 6. The smallest absolute Gasteiger partial charge is 0.306 e. The third-order valence-electron chi connectivity index (χ3n) is 14.3. The highest BCUT2D eigenvalue weighted by molar-refractivity contribution is 5.71. The van der Waals surface area contributed by atoms with Crippen LogP contribution in [0.15, 0.2) is 109 Å². The van der Waals surface area contributed by atoms with Crippen molar-refractivity contribution < 1.29 is 28.6 Å². The normalized spacial score (nSPS) is 12.8. The van der Waals surface area contributed by atoms with Gasteiger partial charge >= 0.3 is 17.9 Å². The lowest BCUT2D eigenvalue weighted by molar-refractivity contribution is -0.167. The summed E-state index contributed by atoms with van der Waals surface area (Å²) < 4.78 is 16.8. The van der Waals surface area contributed by atoms with Crippen LogP contribution in [0.2, 0.25) is 0 Å². The predicted molar refractivity (Wildman–Crippen MR) is 343 cm³/mol. The van der Waals surface area contributed by atoms with Gasteiger partial charge in [-0.25, -0.2) is 0 Å². The highest BCUT2D eigenvalue weighted by atomic mass is 16.6. The van der Waals surface area contributed by atoms with Gasteiger partial charge in [0.15, 0.2) is 6.10 Å². The number of ether oxygens (including phenoxy) is 3. The van der Waals surface area contributed by atoms with Crippen LogP contribution in [0.3, 0.4) is 0 Å². The number of rotatable bonds is 60. The predicted octanol–water partition coefficient (Wildman–Crippen LogP) is 23.0. The second-order valence-electron chi connectivity index (χ2n) is 22.0. The molecule has 0 radical (unpaired) electrons. The first-order valence-electron chi connectivity index (χ1n) is 33.4. The number of allylic oxidation sites excluding steroid dienone is 18. The van der Waals surface area contributed by atoms with Gasteiger partial charge in [0.1, 0.15) is 13.2 Å². The first kappa shape index (κ1) is 75.1. The van der Waals surface area contributed by atoms with Crippen LogP contribution in [0.1, 0.15) is 316 Å². The first-order chi connectivity index (χ1) is 39.0. The minimum absolute atomic E-state index is 0.0784. The summed E-state index contributed by atoms with van der Waals surface area (Å²) in [6.07, 6.45) is 91.6. The summed E-state index contributed by atoms with van der Waals surface area (Å²) >= 11 is 0. The van der Waals surface area contributed by atoms with E-state index in [1.54, 1.807) is 0 Å². The van der Waals surface area contributed by atoms with E-state index >= 15 is 0 Å². The molecule has 0 fully saturated rings. The van der Waals surface area contributed by atoms with Crippen molar-refractivity contribution in [1.82, 2.24) is 0 Å². The van der Waals surface area contributed by atoms with Gasteiger partial charge in [0.2, 0.25) is 0 Å². The van der Waals surface area contributed by atoms with Crippen molar-refractivity contribution in [1.29, 1.82) is 0 Å². The van der Waals surface area contributed by atoms with E-state index in [4.69, 9.17) is 14.2 Å². The molecule has 0 saturated carbocycles. The molecule has 452 valence electrons. The van der Waals surface area contributed by atoms with E-state index in [9.17, 15) is 14.4 Å². The molecular weight excluding hydrogens is 973 g/mol. The summed E-state index contributed by atoms with van der Waals surface area (Å²) in [5, 5.41) is 0. The molecule has 0 aliphatic rings. The second kappa shape index (κ2) is 66.6. The Morgan fingerprint density at radius 2 is 0.494 bits per heavy atom. The molecule has 0 aliphatic carbocycles. The van der Waals surface area contributed by atoms with Gasteiger partial charge in [-0.2, -0.15) is 0 Å². The second-order valence-corrected chi connectivity index (χ2v) is 22.0. The lowest BCUT2D eigenvalue weighted by Gasteiger charge is -2.18. The molecule has 0 aliphatic heterocycles. The molecule has 0 aromatic heterocycles. The van der Waals surface area contributed by atoms with Crippen LogP contribution >= 0.6 is 0 Å². The minimum Gasteiger partial charge on any atom is -0.462 e. The van der Waals surface area contributed by atoms with E-state index < -0.39 is 6.10 Å². The van der Waals surface area contributed by atoms with Crippen LogP contribution in [0, 0.1) is 0 Å². The summed E-state index contributed by atoms with van der Waals surface area (Å²) in [4.78, 5) is 37.9. The maximum absolute atomic E-state index is 12.8. The molecule has 6 heteroatoms. The molecule has 0 amide bonds. The monoisotopic (exact) mass is 1100 g/mol. The van der Waals surface area contributed by atoms with Crippen LogP contribution < -0.4 is 0 Å². The molecule has 0 N–H and O–H groups in total. The van der Waals surface area contributed by atoms with Crippen molar-refractivity contribution in [2.45, 2.75) is 322 Å². The Morgan fingerprint density at radius 1 is 0.266 bits per heavy atom. The van der Waals surface area contributed by atoms with E-state index in [1.807, 2.05) is 0 Å². The molecule has 0 heterocycles. The summed E-state index contributed by atoms with van der Waals surface area (Å²) in [5.41, 5.74) is 0. The average Bonchev–Trinajstić information content (AvgIpc) is 3.45. The molecular formula is C73H124O6. The molecule has 1 atom stereocenters. The number of hydrogen-bond donors (Lipinski definition) is 0. The van der Waals surface area contributed by atoms with E-state index in [2.05, 4.69) is 130 Å². The van der Waals surface area contributed by atoms with E-state index in [1.165, 1.54) is 148 Å². The Hall–Kier alpha value is -3.93. The average molecular weight is 1100 g/mol. The van der Waals surface area contributed by atoms with Crippen molar-refractivity contribution >= 4 is 17.9 Å². The minimum atomic E-state index is -0.778. The van der Waals surface area contributed by atoms with Crippen LogP contribution in [0.5, 0.6) is 0 Å². The number of carbonyl (C=O) groups is 3. The Morgan fingerprint density at radius 3 is 0.772 bits per heavy atom. The van der Waals surface area contributed by atoms with Crippen molar-refractivity contribution in [2.75, 3.05) is 13.2 Å². The van der Waals surface area contributed by atoms with E-state index in [0.29, 0.717) is 19.3 Å². The zero-order valence-corrected chi connectivity index (χ0v) is 51.9. The first-order valence-corrected chi connectivity index (χ1v) is 33.4. The van der Waals surface area contributed by atoms with Crippen molar-refractivity contribution in [3.05, 3.63) is 109 Å². The maximum Gasteiger partial charge on any atom is 0.306 e. The fourth-order valence-electron chi connectivity index (χ4n) is 9.35. The van der Waals surface area contributed by atoms with E-state index in [0.717, 1.165) is 128 Å². The molecule has 0 spiro atoms. The third kappa shape index (κ3) is 64.8. The van der Waals surface area contributed by atoms with E-state index in [-0.39, 0.29) is 31.1 Å². The SMILES string of the molecule is CC/C=C\C/C=C\C/C=C\C/C=C\C/C=C\CCCCCCCCCCCCCCCCCCCCCC(=O)OCC(COC(=O)CCCCCCC)OC(=O)CCCCCCCCCC/C=C\C/C=C\C/C=C\C/C=C\CC. The van der Waals surface area contributed by atoms with Crippen molar-refractivity contribution in [3.8, 4) is 0 Å². The van der Waals surface area contributed by atoms with Crippen LogP contribution in [0.4, 0.5) is 0 Å². The molecule has 0 saturated heterocycles. The molecule has 1 unspecified atom stereocenters. The van der Waals surface area contributed by atoms with Gasteiger partial charge in [-0.1, -0.05) is 304 Å². The number of unbranched alkanes of at least 4 members (excludes halogenated alkanes) is 31. The lowest BCUT2D eigenvalue weighted by atomic mass is 10.0. The largest absolute Gasteiger partial charge is 0.462 e. The maximum atomic E-state index is 12.8. The van der Waals surface area contributed by atoms with Gasteiger partial charge in [0.25, 0.3) is 0 Å². The molecule has 0 bridgehead atoms. The Labute approximate surface area is 489 Å². The quantitative estimate of drug-likeness (QED) is 0.0261. The Kier molecular flexibility index (Phi) is 63.3. The summed E-state index contributed by atoms with van der Waals surface area (Å²) in [5.74, 6) is -0.891. The van der Waals surface area contributed by atoms with Gasteiger partial charge in [-0.15, -0.1) is 0 Å². The van der Waals surface area contributed by atoms with Gasteiger partial charge in [0.05, 0.1) is 0 Å². The molecule has 0 aromatic rings. The standard InChI is InChI=1S/C73H124O6/c1-4-7-10-13-15-17-19-21-23-25-27-29-30-31-32-33-34-35-36-37-38-39-40-41-42-44-45-47-49-51-53-55-57-60-63-66-72(75)78-69-70(68-77-71(74)65-62-59-12-9-6-3)79-73(76)67-64-61-58-56-54-52-50-48-46-43-28-26-24-22-20-18-16-14-11-8-5-2/h7-8,10-11,15-18,21-24,27-29,31-32,43,70H,4-6,9,12-14,19-20,25-26,30,33-42,44-69H2,1-3H3/b10-7-,11-8-,17-15-,18-16-,23-21-,24-22-,29-27-,32-31-,43-28-. The lowest BCUT2D eigenvalue weighted by Crippen LogP contribution is -2.30. The Balaban J connectivity index is 3.95. The molecule has 79 heavy (non-hydrogen) atoms. The molecule has 6 nitrogen and oxygen atoms in total.